The minimum Gasteiger partial charge on any atom is -0.369 e. The van der Waals surface area contributed by atoms with Crippen molar-refractivity contribution < 1.29 is 4.79 Å². The molecule has 1 fully saturated rings. The maximum Gasteiger partial charge on any atom is 0.227 e. The monoisotopic (exact) mass is 401 g/mol. The van der Waals surface area contributed by atoms with Crippen LogP contribution >= 0.6 is 0 Å². The molecule has 1 saturated heterocycles. The molecule has 2 N–H and O–H groups in total. The molecule has 0 radical (unpaired) electrons. The first-order chi connectivity index (χ1) is 14.6. The van der Waals surface area contributed by atoms with Gasteiger partial charge in [0.05, 0.1) is 5.69 Å². The Balaban J connectivity index is 1.51. The standard InChI is InChI=1S/C24H27N5O/c1-17-6-3-4-15-29(17)22-8-5-7-21(16-22)27-24-25-14-13-23(28-24)19-9-11-20(12-10-19)26-18(2)30/h5,7-14,16-17H,3-4,6,15H2,1-2H3,(H,26,30)(H,25,27,28). The number of carbonyl (C=O) groups excluding carboxylic acids is 1. The number of nitrogens with zero attached hydrogens (tertiary/aromatic N) is 3. The summed E-state index contributed by atoms with van der Waals surface area (Å²) in [7, 11) is 0. The van der Waals surface area contributed by atoms with Crippen molar-refractivity contribution in [1.82, 2.24) is 9.97 Å². The van der Waals surface area contributed by atoms with Crippen molar-refractivity contribution in [2.45, 2.75) is 39.2 Å². The fourth-order valence-electron chi connectivity index (χ4n) is 3.88. The van der Waals surface area contributed by atoms with Crippen LogP contribution in [0.4, 0.5) is 23.0 Å². The summed E-state index contributed by atoms with van der Waals surface area (Å²) in [5.41, 5.74) is 4.76. The van der Waals surface area contributed by atoms with Gasteiger partial charge in [-0.15, -0.1) is 0 Å². The Morgan fingerprint density at radius 1 is 1.07 bits per heavy atom. The molecule has 0 aliphatic carbocycles. The van der Waals surface area contributed by atoms with E-state index in [1.165, 1.54) is 31.9 Å². The van der Waals surface area contributed by atoms with Crippen molar-refractivity contribution in [3.63, 3.8) is 0 Å². The Morgan fingerprint density at radius 3 is 2.67 bits per heavy atom. The number of aromatic nitrogens is 2. The molecule has 154 valence electrons. The highest BCUT2D eigenvalue weighted by atomic mass is 16.1. The number of hydrogen-bond acceptors (Lipinski definition) is 5. The Kier molecular flexibility index (Phi) is 5.93. The molecule has 0 spiro atoms. The van der Waals surface area contributed by atoms with E-state index < -0.39 is 0 Å². The van der Waals surface area contributed by atoms with E-state index in [0.717, 1.165) is 29.2 Å². The van der Waals surface area contributed by atoms with Gasteiger partial charge in [0, 0.05) is 48.3 Å². The topological polar surface area (TPSA) is 70.2 Å². The Morgan fingerprint density at radius 2 is 1.90 bits per heavy atom. The molecular weight excluding hydrogens is 374 g/mol. The quantitative estimate of drug-likeness (QED) is 0.613. The van der Waals surface area contributed by atoms with Crippen LogP contribution in [0, 0.1) is 0 Å². The third kappa shape index (κ3) is 4.76. The van der Waals surface area contributed by atoms with E-state index in [4.69, 9.17) is 0 Å². The van der Waals surface area contributed by atoms with Crippen molar-refractivity contribution in [2.24, 2.45) is 0 Å². The van der Waals surface area contributed by atoms with E-state index in [0.29, 0.717) is 12.0 Å². The van der Waals surface area contributed by atoms with Gasteiger partial charge in [-0.25, -0.2) is 9.97 Å². The van der Waals surface area contributed by atoms with E-state index in [1.807, 2.05) is 36.4 Å². The zero-order chi connectivity index (χ0) is 20.9. The molecule has 1 amide bonds. The lowest BCUT2D eigenvalue weighted by molar-refractivity contribution is -0.114. The molecule has 6 heteroatoms. The first-order valence-electron chi connectivity index (χ1n) is 10.4. The third-order valence-corrected chi connectivity index (χ3v) is 5.39. The van der Waals surface area contributed by atoms with Crippen LogP contribution in [0.15, 0.2) is 60.8 Å². The van der Waals surface area contributed by atoms with Gasteiger partial charge in [0.1, 0.15) is 0 Å². The average molecular weight is 402 g/mol. The summed E-state index contributed by atoms with van der Waals surface area (Å²) in [5, 5.41) is 6.11. The van der Waals surface area contributed by atoms with Crippen LogP contribution in [0.3, 0.4) is 0 Å². The molecule has 2 aromatic carbocycles. The Hall–Kier alpha value is -3.41. The number of carbonyl (C=O) groups is 1. The molecule has 30 heavy (non-hydrogen) atoms. The predicted octanol–water partition coefficient (Wildman–Crippen LogP) is 5.22. The number of nitrogens with one attached hydrogen (secondary N) is 2. The highest BCUT2D eigenvalue weighted by Gasteiger charge is 2.18. The maximum absolute atomic E-state index is 11.2. The molecule has 1 aliphatic rings. The molecule has 2 heterocycles. The molecule has 1 aromatic heterocycles. The van der Waals surface area contributed by atoms with Crippen LogP contribution in [0.1, 0.15) is 33.1 Å². The van der Waals surface area contributed by atoms with Gasteiger partial charge in [0.2, 0.25) is 11.9 Å². The van der Waals surface area contributed by atoms with E-state index in [9.17, 15) is 4.79 Å². The van der Waals surface area contributed by atoms with Crippen molar-refractivity contribution >= 4 is 28.9 Å². The van der Waals surface area contributed by atoms with Crippen molar-refractivity contribution in [3.8, 4) is 11.3 Å². The average Bonchev–Trinajstić information content (AvgIpc) is 2.75. The van der Waals surface area contributed by atoms with Crippen LogP contribution in [-0.2, 0) is 4.79 Å². The van der Waals surface area contributed by atoms with Gasteiger partial charge in [0.25, 0.3) is 0 Å². The summed E-state index contributed by atoms with van der Waals surface area (Å²) in [6, 6.07) is 18.5. The fraction of sp³-hybridized carbons (Fsp3) is 0.292. The van der Waals surface area contributed by atoms with Gasteiger partial charge in [0.15, 0.2) is 0 Å². The van der Waals surface area contributed by atoms with Crippen molar-refractivity contribution in [2.75, 3.05) is 22.1 Å². The summed E-state index contributed by atoms with van der Waals surface area (Å²) in [6.45, 7) is 4.89. The zero-order valence-corrected chi connectivity index (χ0v) is 17.4. The largest absolute Gasteiger partial charge is 0.369 e. The van der Waals surface area contributed by atoms with E-state index in [-0.39, 0.29) is 5.91 Å². The smallest absolute Gasteiger partial charge is 0.227 e. The second kappa shape index (κ2) is 8.95. The first-order valence-corrected chi connectivity index (χ1v) is 10.4. The summed E-state index contributed by atoms with van der Waals surface area (Å²) >= 11 is 0. The molecule has 3 aromatic rings. The fourth-order valence-corrected chi connectivity index (χ4v) is 3.88. The number of rotatable bonds is 5. The second-order valence-electron chi connectivity index (χ2n) is 7.74. The van der Waals surface area contributed by atoms with Gasteiger partial charge in [-0.05, 0) is 62.6 Å². The van der Waals surface area contributed by atoms with Crippen LogP contribution in [0.25, 0.3) is 11.3 Å². The number of benzene rings is 2. The zero-order valence-electron chi connectivity index (χ0n) is 17.4. The predicted molar refractivity (Wildman–Crippen MR) is 122 cm³/mol. The minimum atomic E-state index is -0.0857. The van der Waals surface area contributed by atoms with Crippen LogP contribution in [0.2, 0.25) is 0 Å². The van der Waals surface area contributed by atoms with Gasteiger partial charge >= 0.3 is 0 Å². The summed E-state index contributed by atoms with van der Waals surface area (Å²) < 4.78 is 0. The number of hydrogen-bond donors (Lipinski definition) is 2. The highest BCUT2D eigenvalue weighted by Crippen LogP contribution is 2.28. The SMILES string of the molecule is CC(=O)Nc1ccc(-c2ccnc(Nc3cccc(N4CCCCC4C)c3)n2)cc1. The lowest BCUT2D eigenvalue weighted by atomic mass is 10.0. The molecule has 6 nitrogen and oxygen atoms in total. The van der Waals surface area contributed by atoms with Gasteiger partial charge in [-0.3, -0.25) is 4.79 Å². The molecular formula is C24H27N5O. The van der Waals surface area contributed by atoms with Gasteiger partial charge in [-0.1, -0.05) is 18.2 Å². The van der Waals surface area contributed by atoms with Crippen molar-refractivity contribution in [1.29, 1.82) is 0 Å². The molecule has 1 aliphatic heterocycles. The minimum absolute atomic E-state index is 0.0857. The van der Waals surface area contributed by atoms with E-state index in [2.05, 4.69) is 50.6 Å². The summed E-state index contributed by atoms with van der Waals surface area (Å²) in [4.78, 5) is 22.7. The van der Waals surface area contributed by atoms with Gasteiger partial charge in [-0.2, -0.15) is 0 Å². The summed E-state index contributed by atoms with van der Waals surface area (Å²) in [6.07, 6.45) is 5.54. The lowest BCUT2D eigenvalue weighted by Gasteiger charge is -2.35. The number of piperidine rings is 1. The highest BCUT2D eigenvalue weighted by molar-refractivity contribution is 5.88. The third-order valence-electron chi connectivity index (χ3n) is 5.39. The molecule has 1 unspecified atom stereocenters. The first kappa shape index (κ1) is 19.9. The van der Waals surface area contributed by atoms with Crippen LogP contribution < -0.4 is 15.5 Å². The number of anilines is 4. The maximum atomic E-state index is 11.2. The molecule has 4 rings (SSSR count). The van der Waals surface area contributed by atoms with E-state index >= 15 is 0 Å². The molecule has 1 atom stereocenters. The summed E-state index contributed by atoms with van der Waals surface area (Å²) in [5.74, 6) is 0.472. The number of amides is 1. The Bertz CT molecular complexity index is 1020. The van der Waals surface area contributed by atoms with E-state index in [1.54, 1.807) is 6.20 Å². The van der Waals surface area contributed by atoms with Crippen molar-refractivity contribution in [3.05, 3.63) is 60.8 Å². The normalized spacial score (nSPS) is 16.2. The molecule has 0 saturated carbocycles. The van der Waals surface area contributed by atoms with Gasteiger partial charge < -0.3 is 15.5 Å². The second-order valence-corrected chi connectivity index (χ2v) is 7.74. The molecule has 0 bridgehead atoms. The lowest BCUT2D eigenvalue weighted by Crippen LogP contribution is -2.37. The Labute approximate surface area is 177 Å². The van der Waals surface area contributed by atoms with Crippen LogP contribution in [0.5, 0.6) is 0 Å². The van der Waals surface area contributed by atoms with Crippen LogP contribution in [-0.4, -0.2) is 28.5 Å².